The molecule has 0 aliphatic carbocycles. The van der Waals surface area contributed by atoms with Gasteiger partial charge in [-0.1, -0.05) is 24.3 Å². The zero-order valence-electron chi connectivity index (χ0n) is 17.2. The first-order valence-corrected chi connectivity index (χ1v) is 9.70. The van der Waals surface area contributed by atoms with E-state index in [0.29, 0.717) is 27.7 Å². The Balaban J connectivity index is 1.65. The Morgan fingerprint density at radius 2 is 1.79 bits per heavy atom. The summed E-state index contributed by atoms with van der Waals surface area (Å²) in [5.41, 5.74) is 5.95. The van der Waals surface area contributed by atoms with Crippen molar-refractivity contribution in [2.75, 3.05) is 10.7 Å². The van der Waals surface area contributed by atoms with Crippen LogP contribution < -0.4 is 16.2 Å². The number of hydrogen-bond acceptors (Lipinski definition) is 5. The number of aryl methyl sites for hydroxylation is 1. The summed E-state index contributed by atoms with van der Waals surface area (Å²) in [7, 11) is 0. The SMILES string of the molecule is Cc1cnc2c(NC(=O)c3ccccc3C(F)(F)F)cccc2c1NNC(=O)c1ccoc1. The van der Waals surface area contributed by atoms with Gasteiger partial charge in [0.25, 0.3) is 11.8 Å². The largest absolute Gasteiger partial charge is 0.472 e. The number of carbonyl (C=O) groups is 2. The fourth-order valence-corrected chi connectivity index (χ4v) is 3.29. The van der Waals surface area contributed by atoms with E-state index in [0.717, 1.165) is 12.1 Å². The van der Waals surface area contributed by atoms with Gasteiger partial charge in [-0.2, -0.15) is 13.2 Å². The van der Waals surface area contributed by atoms with Crippen molar-refractivity contribution in [1.82, 2.24) is 10.4 Å². The van der Waals surface area contributed by atoms with Crippen molar-refractivity contribution in [3.05, 3.63) is 89.5 Å². The number of benzene rings is 2. The molecule has 0 aliphatic rings. The zero-order chi connectivity index (χ0) is 23.6. The van der Waals surface area contributed by atoms with Crippen LogP contribution in [-0.2, 0) is 6.18 Å². The van der Waals surface area contributed by atoms with Gasteiger partial charge in [-0.3, -0.25) is 25.4 Å². The second kappa shape index (κ2) is 8.65. The fourth-order valence-electron chi connectivity index (χ4n) is 3.29. The number of nitrogens with zero attached hydrogens (tertiary/aromatic N) is 1. The molecule has 0 radical (unpaired) electrons. The van der Waals surface area contributed by atoms with Crippen molar-refractivity contribution < 1.29 is 27.2 Å². The Kier molecular flexibility index (Phi) is 5.74. The molecule has 0 atom stereocenters. The number of anilines is 2. The van der Waals surface area contributed by atoms with Gasteiger partial charge in [0, 0.05) is 11.6 Å². The minimum absolute atomic E-state index is 0.221. The number of carbonyl (C=O) groups excluding carboxylic acids is 2. The Morgan fingerprint density at radius 1 is 1.00 bits per heavy atom. The van der Waals surface area contributed by atoms with Gasteiger partial charge < -0.3 is 9.73 Å². The molecule has 3 N–H and O–H groups in total. The van der Waals surface area contributed by atoms with Gasteiger partial charge in [0.2, 0.25) is 0 Å². The van der Waals surface area contributed by atoms with E-state index < -0.39 is 29.1 Å². The number of hydrazine groups is 1. The van der Waals surface area contributed by atoms with E-state index in [2.05, 4.69) is 21.2 Å². The lowest BCUT2D eigenvalue weighted by Crippen LogP contribution is -2.29. The first-order chi connectivity index (χ1) is 15.8. The Labute approximate surface area is 185 Å². The van der Waals surface area contributed by atoms with Gasteiger partial charge in [0.1, 0.15) is 6.26 Å². The maximum Gasteiger partial charge on any atom is 0.417 e. The third-order valence-electron chi connectivity index (χ3n) is 4.90. The van der Waals surface area contributed by atoms with E-state index >= 15 is 0 Å². The lowest BCUT2D eigenvalue weighted by Gasteiger charge is -2.16. The van der Waals surface area contributed by atoms with E-state index in [1.165, 1.54) is 43.0 Å². The Hall–Kier alpha value is -4.34. The second-order valence-electron chi connectivity index (χ2n) is 7.11. The predicted octanol–water partition coefficient (Wildman–Crippen LogP) is 5.16. The number of pyridine rings is 1. The summed E-state index contributed by atoms with van der Waals surface area (Å²) < 4.78 is 44.8. The molecule has 7 nitrogen and oxygen atoms in total. The number of amides is 2. The highest BCUT2D eigenvalue weighted by molar-refractivity contribution is 6.10. The molecular weight excluding hydrogens is 437 g/mol. The number of halogens is 3. The standard InChI is InChI=1S/C23H17F3N4O3/c1-13-11-27-20-16(19(13)29-30-21(31)14-9-10-33-12-14)6-4-8-18(20)28-22(32)15-5-2-3-7-17(15)23(24,25)26/h2-12H,1H3,(H,27,29)(H,28,32)(H,30,31). The van der Waals surface area contributed by atoms with E-state index in [4.69, 9.17) is 4.42 Å². The number of aromatic nitrogens is 1. The molecule has 2 aromatic carbocycles. The molecule has 0 fully saturated rings. The van der Waals surface area contributed by atoms with E-state index in [1.54, 1.807) is 19.1 Å². The summed E-state index contributed by atoms with van der Waals surface area (Å²) in [6.07, 6.45) is -0.491. The van der Waals surface area contributed by atoms with Crippen molar-refractivity contribution >= 4 is 34.1 Å². The predicted molar refractivity (Wildman–Crippen MR) is 116 cm³/mol. The third-order valence-corrected chi connectivity index (χ3v) is 4.90. The molecule has 4 rings (SSSR count). The molecule has 33 heavy (non-hydrogen) atoms. The van der Waals surface area contributed by atoms with Crippen molar-refractivity contribution in [3.8, 4) is 0 Å². The van der Waals surface area contributed by atoms with Crippen LogP contribution in [0.4, 0.5) is 24.5 Å². The van der Waals surface area contributed by atoms with Crippen LogP contribution in [0, 0.1) is 6.92 Å². The molecule has 4 aromatic rings. The van der Waals surface area contributed by atoms with Crippen LogP contribution in [0.2, 0.25) is 0 Å². The summed E-state index contributed by atoms with van der Waals surface area (Å²) in [4.78, 5) is 29.2. The molecule has 168 valence electrons. The second-order valence-corrected chi connectivity index (χ2v) is 7.11. The maximum atomic E-state index is 13.3. The van der Waals surface area contributed by atoms with Crippen LogP contribution in [0.25, 0.3) is 10.9 Å². The topological polar surface area (TPSA) is 96.3 Å². The quantitative estimate of drug-likeness (QED) is 0.362. The first-order valence-electron chi connectivity index (χ1n) is 9.70. The summed E-state index contributed by atoms with van der Waals surface area (Å²) in [6, 6.07) is 10.9. The number of nitrogens with one attached hydrogen (secondary N) is 3. The van der Waals surface area contributed by atoms with Gasteiger partial charge in [-0.25, -0.2) is 0 Å². The van der Waals surface area contributed by atoms with Gasteiger partial charge in [-0.05, 0) is 36.8 Å². The van der Waals surface area contributed by atoms with Crippen molar-refractivity contribution in [2.45, 2.75) is 13.1 Å². The monoisotopic (exact) mass is 454 g/mol. The summed E-state index contributed by atoms with van der Waals surface area (Å²) in [5.74, 6) is -1.35. The summed E-state index contributed by atoms with van der Waals surface area (Å²) in [5, 5.41) is 3.06. The number of fused-ring (bicyclic) bond motifs is 1. The lowest BCUT2D eigenvalue weighted by atomic mass is 10.1. The van der Waals surface area contributed by atoms with Gasteiger partial charge >= 0.3 is 6.18 Å². The first kappa shape index (κ1) is 21.9. The Bertz CT molecular complexity index is 1330. The molecule has 2 aromatic heterocycles. The number of alkyl halides is 3. The average molecular weight is 454 g/mol. The zero-order valence-corrected chi connectivity index (χ0v) is 17.2. The van der Waals surface area contributed by atoms with E-state index in [9.17, 15) is 22.8 Å². The van der Waals surface area contributed by atoms with Crippen LogP contribution in [0.3, 0.4) is 0 Å². The van der Waals surface area contributed by atoms with E-state index in [-0.39, 0.29) is 5.69 Å². The molecule has 2 amide bonds. The van der Waals surface area contributed by atoms with Crippen molar-refractivity contribution in [2.24, 2.45) is 0 Å². The Morgan fingerprint density at radius 3 is 2.52 bits per heavy atom. The maximum absolute atomic E-state index is 13.3. The molecular formula is C23H17F3N4O3. The summed E-state index contributed by atoms with van der Waals surface area (Å²) in [6.45, 7) is 1.77. The fraction of sp³-hybridized carbons (Fsp3) is 0.0870. The van der Waals surface area contributed by atoms with Crippen LogP contribution in [0.1, 0.15) is 31.8 Å². The van der Waals surface area contributed by atoms with Crippen LogP contribution in [0.15, 0.2) is 71.7 Å². The number of furan rings is 1. The van der Waals surface area contributed by atoms with Crippen molar-refractivity contribution in [3.63, 3.8) is 0 Å². The van der Waals surface area contributed by atoms with E-state index in [1.807, 2.05) is 0 Å². The third kappa shape index (κ3) is 4.49. The highest BCUT2D eigenvalue weighted by atomic mass is 19.4. The number of rotatable bonds is 5. The van der Waals surface area contributed by atoms with Gasteiger partial charge in [-0.15, -0.1) is 0 Å². The molecule has 0 aliphatic heterocycles. The smallest absolute Gasteiger partial charge is 0.417 e. The number of para-hydroxylation sites is 1. The molecule has 0 unspecified atom stereocenters. The number of hydrogen-bond donors (Lipinski definition) is 3. The van der Waals surface area contributed by atoms with Crippen LogP contribution >= 0.6 is 0 Å². The molecule has 0 spiro atoms. The minimum Gasteiger partial charge on any atom is -0.472 e. The molecule has 0 saturated carbocycles. The summed E-state index contributed by atoms with van der Waals surface area (Å²) >= 11 is 0. The van der Waals surface area contributed by atoms with Crippen LogP contribution in [0.5, 0.6) is 0 Å². The highest BCUT2D eigenvalue weighted by Crippen LogP contribution is 2.33. The van der Waals surface area contributed by atoms with Crippen LogP contribution in [-0.4, -0.2) is 16.8 Å². The average Bonchev–Trinajstić information content (AvgIpc) is 3.33. The molecule has 0 saturated heterocycles. The van der Waals surface area contributed by atoms with Gasteiger partial charge in [0.15, 0.2) is 0 Å². The molecule has 10 heteroatoms. The lowest BCUT2D eigenvalue weighted by molar-refractivity contribution is -0.137. The van der Waals surface area contributed by atoms with Crippen molar-refractivity contribution in [1.29, 1.82) is 0 Å². The normalized spacial score (nSPS) is 11.3. The van der Waals surface area contributed by atoms with Gasteiger partial charge in [0.05, 0.1) is 39.8 Å². The minimum atomic E-state index is -4.67. The molecule has 2 heterocycles. The highest BCUT2D eigenvalue weighted by Gasteiger charge is 2.35. The molecule has 0 bridgehead atoms.